The Balaban J connectivity index is 2.12. The minimum absolute atomic E-state index is 0.0460. The molecule has 26 heavy (non-hydrogen) atoms. The van der Waals surface area contributed by atoms with Gasteiger partial charge in [-0.15, -0.1) is 11.8 Å². The van der Waals surface area contributed by atoms with Crippen molar-refractivity contribution in [1.82, 2.24) is 9.13 Å². The zero-order valence-corrected chi connectivity index (χ0v) is 16.0. The number of hydrogen-bond acceptors (Lipinski definition) is 5. The molecule has 0 saturated carbocycles. The largest absolute Gasteiger partial charge is 0.330 e. The lowest BCUT2D eigenvalue weighted by Crippen LogP contribution is -2.37. The summed E-state index contributed by atoms with van der Waals surface area (Å²) in [6.07, 6.45) is 1.90. The number of aryl methyl sites for hydroxylation is 1. The zero-order valence-electron chi connectivity index (χ0n) is 14.4. The summed E-state index contributed by atoms with van der Waals surface area (Å²) in [6.45, 7) is 0. The fourth-order valence-corrected chi connectivity index (χ4v) is 4.18. The van der Waals surface area contributed by atoms with Crippen molar-refractivity contribution in [3.63, 3.8) is 0 Å². The number of thioether (sulfide) groups is 1. The Morgan fingerprint density at radius 1 is 1.00 bits per heavy atom. The summed E-state index contributed by atoms with van der Waals surface area (Å²) >= 11 is 1.50. The average Bonchev–Trinajstić information content (AvgIpc) is 2.64. The van der Waals surface area contributed by atoms with Gasteiger partial charge in [-0.2, -0.15) is 0 Å². The van der Waals surface area contributed by atoms with Crippen LogP contribution in [-0.4, -0.2) is 23.8 Å². The Bertz CT molecular complexity index is 1230. The first kappa shape index (κ1) is 18.3. The number of aromatic nitrogens is 2. The SMILES string of the molecule is CSc1cccc(NS(=O)(=O)c2ccc3c(c2)c(=O)n(C)c(=O)n3C)c1. The third kappa shape index (κ3) is 3.15. The van der Waals surface area contributed by atoms with Crippen LogP contribution in [0.2, 0.25) is 0 Å². The van der Waals surface area contributed by atoms with Crippen LogP contribution in [0.4, 0.5) is 5.69 Å². The van der Waals surface area contributed by atoms with E-state index in [9.17, 15) is 18.0 Å². The van der Waals surface area contributed by atoms with Gasteiger partial charge in [0.25, 0.3) is 15.6 Å². The summed E-state index contributed by atoms with van der Waals surface area (Å²) in [5, 5.41) is 0.162. The van der Waals surface area contributed by atoms with Crippen molar-refractivity contribution >= 4 is 38.4 Å². The molecule has 0 atom stereocenters. The van der Waals surface area contributed by atoms with Crippen molar-refractivity contribution in [2.75, 3.05) is 11.0 Å². The Labute approximate surface area is 154 Å². The van der Waals surface area contributed by atoms with Crippen molar-refractivity contribution < 1.29 is 8.42 Å². The van der Waals surface area contributed by atoms with E-state index >= 15 is 0 Å². The number of hydrogen-bond donors (Lipinski definition) is 1. The maximum Gasteiger partial charge on any atom is 0.330 e. The Morgan fingerprint density at radius 3 is 2.42 bits per heavy atom. The van der Waals surface area contributed by atoms with Crippen LogP contribution in [0.3, 0.4) is 0 Å². The maximum absolute atomic E-state index is 12.7. The highest BCUT2D eigenvalue weighted by atomic mass is 32.2. The number of rotatable bonds is 4. The molecule has 1 N–H and O–H groups in total. The average molecular weight is 391 g/mol. The van der Waals surface area contributed by atoms with Crippen molar-refractivity contribution in [3.8, 4) is 0 Å². The van der Waals surface area contributed by atoms with Gasteiger partial charge in [0, 0.05) is 24.7 Å². The molecule has 1 aromatic heterocycles. The van der Waals surface area contributed by atoms with Crippen molar-refractivity contribution in [2.24, 2.45) is 14.1 Å². The molecular formula is C17H17N3O4S2. The molecule has 0 bridgehead atoms. The van der Waals surface area contributed by atoms with E-state index in [2.05, 4.69) is 4.72 Å². The van der Waals surface area contributed by atoms with Crippen LogP contribution >= 0.6 is 11.8 Å². The van der Waals surface area contributed by atoms with Crippen LogP contribution < -0.4 is 16.0 Å². The molecule has 0 radical (unpaired) electrons. The summed E-state index contributed by atoms with van der Waals surface area (Å²) in [5.74, 6) is 0. The van der Waals surface area contributed by atoms with E-state index in [4.69, 9.17) is 0 Å². The second kappa shape index (κ2) is 6.65. The minimum atomic E-state index is -3.88. The Kier molecular flexibility index (Phi) is 4.68. The predicted octanol–water partition coefficient (Wildman–Crippen LogP) is 1.76. The number of fused-ring (bicyclic) bond motifs is 1. The number of nitrogens with one attached hydrogen (secondary N) is 1. The van der Waals surface area contributed by atoms with E-state index in [-0.39, 0.29) is 10.3 Å². The quantitative estimate of drug-likeness (QED) is 0.685. The molecule has 0 aliphatic carbocycles. The highest BCUT2D eigenvalue weighted by Gasteiger charge is 2.17. The van der Waals surface area contributed by atoms with Gasteiger partial charge in [0.15, 0.2) is 0 Å². The molecule has 0 amide bonds. The number of sulfonamides is 1. The molecular weight excluding hydrogens is 374 g/mol. The number of nitrogens with zero attached hydrogens (tertiary/aromatic N) is 2. The van der Waals surface area contributed by atoms with Gasteiger partial charge in [-0.25, -0.2) is 13.2 Å². The van der Waals surface area contributed by atoms with Crippen LogP contribution in [0, 0.1) is 0 Å². The summed E-state index contributed by atoms with van der Waals surface area (Å²) in [7, 11) is -0.986. The third-order valence-electron chi connectivity index (χ3n) is 4.07. The maximum atomic E-state index is 12.7. The molecule has 0 spiro atoms. The van der Waals surface area contributed by atoms with Gasteiger partial charge in [0.2, 0.25) is 0 Å². The first-order chi connectivity index (χ1) is 12.2. The molecule has 1 heterocycles. The first-order valence-corrected chi connectivity index (χ1v) is 10.3. The van der Waals surface area contributed by atoms with Crippen LogP contribution in [0.1, 0.15) is 0 Å². The van der Waals surface area contributed by atoms with Gasteiger partial charge < -0.3 is 0 Å². The zero-order chi connectivity index (χ0) is 19.1. The Morgan fingerprint density at radius 2 is 1.73 bits per heavy atom. The normalized spacial score (nSPS) is 11.7. The molecule has 0 aliphatic rings. The summed E-state index contributed by atoms with van der Waals surface area (Å²) < 4.78 is 30.2. The second-order valence-electron chi connectivity index (χ2n) is 5.72. The van der Waals surface area contributed by atoms with Gasteiger partial charge in [0.05, 0.1) is 15.8 Å². The predicted molar refractivity (Wildman–Crippen MR) is 103 cm³/mol. The van der Waals surface area contributed by atoms with E-state index in [1.807, 2.05) is 12.3 Å². The third-order valence-corrected chi connectivity index (χ3v) is 6.17. The standard InChI is InChI=1S/C17H17N3O4S2/c1-19-15-8-7-13(10-14(15)16(21)20(2)17(19)22)26(23,24)18-11-5-4-6-12(9-11)25-3/h4-10,18H,1-3H3. The van der Waals surface area contributed by atoms with Crippen molar-refractivity contribution in [2.45, 2.75) is 9.79 Å². The summed E-state index contributed by atoms with van der Waals surface area (Å²) in [5.41, 5.74) is -0.193. The van der Waals surface area contributed by atoms with E-state index in [0.29, 0.717) is 11.2 Å². The molecule has 0 saturated heterocycles. The smallest absolute Gasteiger partial charge is 0.296 e. The fraction of sp³-hybridized carbons (Fsp3) is 0.176. The second-order valence-corrected chi connectivity index (χ2v) is 8.28. The lowest BCUT2D eigenvalue weighted by molar-refractivity contribution is 0.601. The molecule has 0 fully saturated rings. The highest BCUT2D eigenvalue weighted by molar-refractivity contribution is 7.98. The van der Waals surface area contributed by atoms with Gasteiger partial charge >= 0.3 is 5.69 Å². The molecule has 3 aromatic rings. The van der Waals surface area contributed by atoms with E-state index in [0.717, 1.165) is 9.46 Å². The molecule has 9 heteroatoms. The fourth-order valence-electron chi connectivity index (χ4n) is 2.64. The monoisotopic (exact) mass is 391 g/mol. The molecule has 2 aromatic carbocycles. The van der Waals surface area contributed by atoms with E-state index in [1.54, 1.807) is 18.2 Å². The van der Waals surface area contributed by atoms with Crippen LogP contribution in [-0.2, 0) is 24.1 Å². The molecule has 0 aliphatic heterocycles. The van der Waals surface area contributed by atoms with Gasteiger partial charge in [-0.05, 0) is 42.7 Å². The first-order valence-electron chi connectivity index (χ1n) is 7.61. The van der Waals surface area contributed by atoms with E-state index in [1.165, 1.54) is 48.6 Å². The van der Waals surface area contributed by atoms with Crippen molar-refractivity contribution in [1.29, 1.82) is 0 Å². The van der Waals surface area contributed by atoms with Crippen LogP contribution in [0.5, 0.6) is 0 Å². The Hall–Kier alpha value is -2.52. The summed E-state index contributed by atoms with van der Waals surface area (Å²) in [4.78, 5) is 25.2. The van der Waals surface area contributed by atoms with Gasteiger partial charge in [0.1, 0.15) is 0 Å². The lowest BCUT2D eigenvalue weighted by Gasteiger charge is -2.11. The summed E-state index contributed by atoms with van der Waals surface area (Å²) in [6, 6.07) is 11.1. The van der Waals surface area contributed by atoms with E-state index < -0.39 is 21.3 Å². The van der Waals surface area contributed by atoms with Crippen LogP contribution in [0.15, 0.2) is 61.8 Å². The number of benzene rings is 2. The van der Waals surface area contributed by atoms with Crippen LogP contribution in [0.25, 0.3) is 10.9 Å². The van der Waals surface area contributed by atoms with Gasteiger partial charge in [-0.1, -0.05) is 6.07 Å². The molecule has 0 unspecified atom stereocenters. The topological polar surface area (TPSA) is 90.2 Å². The lowest BCUT2D eigenvalue weighted by atomic mass is 10.2. The molecule has 7 nitrogen and oxygen atoms in total. The van der Waals surface area contributed by atoms with Crippen molar-refractivity contribution in [3.05, 3.63) is 63.3 Å². The van der Waals surface area contributed by atoms with Gasteiger partial charge in [-0.3, -0.25) is 18.7 Å². The number of anilines is 1. The minimum Gasteiger partial charge on any atom is -0.296 e. The molecule has 136 valence electrons. The highest BCUT2D eigenvalue weighted by Crippen LogP contribution is 2.22. The molecule has 3 rings (SSSR count).